The summed E-state index contributed by atoms with van der Waals surface area (Å²) in [5.41, 5.74) is 0.915. The molecule has 1 aromatic rings. The third kappa shape index (κ3) is 3.53. The van der Waals surface area contributed by atoms with Crippen LogP contribution in [0, 0.1) is 6.92 Å². The van der Waals surface area contributed by atoms with Crippen LogP contribution in [0.5, 0.6) is 0 Å². The number of nitrogens with zero attached hydrogens (tertiary/aromatic N) is 2. The van der Waals surface area contributed by atoms with Crippen molar-refractivity contribution in [1.82, 2.24) is 9.21 Å². The van der Waals surface area contributed by atoms with Crippen LogP contribution in [0.25, 0.3) is 0 Å². The van der Waals surface area contributed by atoms with Crippen LogP contribution in [0.1, 0.15) is 18.9 Å². The summed E-state index contributed by atoms with van der Waals surface area (Å²) in [4.78, 5) is 25.0. The minimum atomic E-state index is -3.92. The highest BCUT2D eigenvalue weighted by atomic mass is 32.2. The fourth-order valence-corrected chi connectivity index (χ4v) is 4.19. The van der Waals surface area contributed by atoms with Crippen molar-refractivity contribution in [2.24, 2.45) is 0 Å². The van der Waals surface area contributed by atoms with Crippen molar-refractivity contribution >= 4 is 21.9 Å². The van der Waals surface area contributed by atoms with Crippen LogP contribution in [0.2, 0.25) is 0 Å². The molecule has 0 bridgehead atoms. The van der Waals surface area contributed by atoms with Gasteiger partial charge in [-0.1, -0.05) is 17.7 Å². The monoisotopic (exact) mass is 340 g/mol. The molecule has 2 rings (SSSR count). The van der Waals surface area contributed by atoms with E-state index in [1.165, 1.54) is 17.0 Å². The third-order valence-corrected chi connectivity index (χ3v) is 5.83. The van der Waals surface area contributed by atoms with Crippen molar-refractivity contribution in [2.45, 2.75) is 31.2 Å². The lowest BCUT2D eigenvalue weighted by Gasteiger charge is -2.38. The number of likely N-dealkylation sites (N-methyl/N-ethyl adjacent to an activating group) is 1. The normalized spacial score (nSPS) is 19.8. The van der Waals surface area contributed by atoms with Gasteiger partial charge in [0.1, 0.15) is 6.04 Å². The number of sulfonamides is 1. The fraction of sp³-hybridized carbons (Fsp3) is 0.467. The minimum absolute atomic E-state index is 0.0660. The highest BCUT2D eigenvalue weighted by Gasteiger charge is 2.42. The maximum Gasteiger partial charge on any atom is 0.305 e. The number of carbonyl (C=O) groups is 2. The maximum absolute atomic E-state index is 12.8. The molecular weight excluding hydrogens is 320 g/mol. The zero-order valence-electron chi connectivity index (χ0n) is 13.1. The molecule has 1 fully saturated rings. The number of carboxylic acids is 1. The van der Waals surface area contributed by atoms with Gasteiger partial charge >= 0.3 is 5.97 Å². The Balaban J connectivity index is 2.39. The van der Waals surface area contributed by atoms with Gasteiger partial charge in [0.2, 0.25) is 15.9 Å². The molecule has 0 aromatic heterocycles. The van der Waals surface area contributed by atoms with Crippen molar-refractivity contribution in [2.75, 3.05) is 19.6 Å². The predicted molar refractivity (Wildman–Crippen MR) is 83.4 cm³/mol. The molecule has 1 saturated heterocycles. The second-order valence-electron chi connectivity index (χ2n) is 5.46. The summed E-state index contributed by atoms with van der Waals surface area (Å²) in [6, 6.07) is 5.08. The average Bonchev–Trinajstić information content (AvgIpc) is 2.49. The van der Waals surface area contributed by atoms with Gasteiger partial charge in [0, 0.05) is 19.6 Å². The molecule has 23 heavy (non-hydrogen) atoms. The molecule has 0 spiro atoms. The third-order valence-electron chi connectivity index (χ3n) is 3.91. The second kappa shape index (κ2) is 6.67. The number of carboxylic acid groups (broad SMARTS) is 1. The summed E-state index contributed by atoms with van der Waals surface area (Å²) in [5.74, 6) is -1.66. The van der Waals surface area contributed by atoms with Crippen molar-refractivity contribution in [3.8, 4) is 0 Å². The Morgan fingerprint density at radius 2 is 1.87 bits per heavy atom. The van der Waals surface area contributed by atoms with E-state index in [1.807, 2.05) is 6.92 Å². The van der Waals surface area contributed by atoms with Gasteiger partial charge in [-0.3, -0.25) is 9.59 Å². The molecule has 0 radical (unpaired) electrons. The Hall–Kier alpha value is -1.93. The molecule has 1 unspecified atom stereocenters. The van der Waals surface area contributed by atoms with Gasteiger partial charge in [-0.05, 0) is 26.0 Å². The molecule has 1 amide bonds. The Bertz CT molecular complexity index is 699. The summed E-state index contributed by atoms with van der Waals surface area (Å²) in [6.07, 6.45) is -0.541. The van der Waals surface area contributed by atoms with E-state index in [2.05, 4.69) is 0 Å². The van der Waals surface area contributed by atoms with Crippen molar-refractivity contribution in [3.05, 3.63) is 29.8 Å². The molecule has 8 heteroatoms. The maximum atomic E-state index is 12.8. The van der Waals surface area contributed by atoms with Crippen LogP contribution in [0.4, 0.5) is 0 Å². The molecule has 0 aliphatic carbocycles. The van der Waals surface area contributed by atoms with Crippen molar-refractivity contribution in [1.29, 1.82) is 0 Å². The van der Waals surface area contributed by atoms with E-state index >= 15 is 0 Å². The largest absolute Gasteiger partial charge is 0.481 e. The predicted octanol–water partition coefficient (Wildman–Crippen LogP) is 0.691. The van der Waals surface area contributed by atoms with E-state index < -0.39 is 34.4 Å². The van der Waals surface area contributed by atoms with E-state index in [0.717, 1.165) is 9.87 Å². The lowest BCUT2D eigenvalue weighted by atomic mass is 10.1. The molecule has 126 valence electrons. The van der Waals surface area contributed by atoms with E-state index in [-0.39, 0.29) is 18.0 Å². The number of aryl methyl sites for hydroxylation is 1. The van der Waals surface area contributed by atoms with Gasteiger partial charge < -0.3 is 10.0 Å². The highest BCUT2D eigenvalue weighted by Crippen LogP contribution is 2.24. The zero-order chi connectivity index (χ0) is 17.2. The Morgan fingerprint density at radius 3 is 2.39 bits per heavy atom. The Morgan fingerprint density at radius 1 is 1.26 bits per heavy atom. The van der Waals surface area contributed by atoms with Gasteiger partial charge in [-0.2, -0.15) is 4.31 Å². The van der Waals surface area contributed by atoms with Gasteiger partial charge in [-0.15, -0.1) is 0 Å². The molecule has 1 aliphatic heterocycles. The first-order valence-corrected chi connectivity index (χ1v) is 8.80. The lowest BCUT2D eigenvalue weighted by Crippen LogP contribution is -2.59. The van der Waals surface area contributed by atoms with Crippen LogP contribution >= 0.6 is 0 Å². The standard InChI is InChI=1S/C15H20N2O5S/c1-3-16-8-9-17(13(15(16)20)10-14(18)19)23(21,22)12-6-4-11(2)5-7-12/h4-7,13H,3,8-10H2,1-2H3,(H,18,19). The SMILES string of the molecule is CCN1CCN(S(=O)(=O)c2ccc(C)cc2)C(CC(=O)O)C1=O. The van der Waals surface area contributed by atoms with E-state index in [0.29, 0.717) is 6.54 Å². The number of amides is 1. The smallest absolute Gasteiger partial charge is 0.305 e. The first-order valence-electron chi connectivity index (χ1n) is 7.36. The topological polar surface area (TPSA) is 95.0 Å². The number of carbonyl (C=O) groups excluding carboxylic acids is 1. The van der Waals surface area contributed by atoms with Crippen LogP contribution < -0.4 is 0 Å². The number of benzene rings is 1. The molecule has 1 aliphatic rings. The number of rotatable bonds is 5. The van der Waals surface area contributed by atoms with Crippen LogP contribution in [0.15, 0.2) is 29.2 Å². The van der Waals surface area contributed by atoms with Gasteiger partial charge in [0.05, 0.1) is 11.3 Å². The summed E-state index contributed by atoms with van der Waals surface area (Å²) >= 11 is 0. The van der Waals surface area contributed by atoms with E-state index in [1.54, 1.807) is 19.1 Å². The van der Waals surface area contributed by atoms with Crippen molar-refractivity contribution in [3.63, 3.8) is 0 Å². The molecular formula is C15H20N2O5S. The summed E-state index contributed by atoms with van der Waals surface area (Å²) in [6.45, 7) is 4.39. The van der Waals surface area contributed by atoms with E-state index in [4.69, 9.17) is 5.11 Å². The second-order valence-corrected chi connectivity index (χ2v) is 7.35. The van der Waals surface area contributed by atoms with Gasteiger partial charge in [-0.25, -0.2) is 8.42 Å². The molecule has 1 N–H and O–H groups in total. The Labute approximate surface area is 135 Å². The first kappa shape index (κ1) is 17.4. The summed E-state index contributed by atoms with van der Waals surface area (Å²) in [7, 11) is -3.92. The Kier molecular flexibility index (Phi) is 5.06. The number of hydrogen-bond acceptors (Lipinski definition) is 4. The highest BCUT2D eigenvalue weighted by molar-refractivity contribution is 7.89. The number of piperazine rings is 1. The lowest BCUT2D eigenvalue weighted by molar-refractivity contribution is -0.146. The van der Waals surface area contributed by atoms with Crippen molar-refractivity contribution < 1.29 is 23.1 Å². The summed E-state index contributed by atoms with van der Waals surface area (Å²) in [5, 5.41) is 9.04. The van der Waals surface area contributed by atoms with Crippen LogP contribution in [0.3, 0.4) is 0 Å². The fourth-order valence-electron chi connectivity index (χ4n) is 2.62. The first-order chi connectivity index (χ1) is 10.8. The van der Waals surface area contributed by atoms with Crippen LogP contribution in [-0.2, 0) is 19.6 Å². The zero-order valence-corrected chi connectivity index (χ0v) is 13.9. The molecule has 7 nitrogen and oxygen atoms in total. The van der Waals surface area contributed by atoms with E-state index in [9.17, 15) is 18.0 Å². The van der Waals surface area contributed by atoms with Gasteiger partial charge in [0.25, 0.3) is 0 Å². The average molecular weight is 340 g/mol. The molecule has 1 atom stereocenters. The van der Waals surface area contributed by atoms with Gasteiger partial charge in [0.15, 0.2) is 0 Å². The molecule has 1 heterocycles. The quantitative estimate of drug-likeness (QED) is 0.851. The molecule has 1 aromatic carbocycles. The van der Waals surface area contributed by atoms with Crippen LogP contribution in [-0.4, -0.2) is 60.3 Å². The minimum Gasteiger partial charge on any atom is -0.481 e. The molecule has 0 saturated carbocycles. The number of aliphatic carboxylic acids is 1. The number of hydrogen-bond donors (Lipinski definition) is 1. The summed E-state index contributed by atoms with van der Waals surface area (Å²) < 4.78 is 26.6.